The summed E-state index contributed by atoms with van der Waals surface area (Å²) in [7, 11) is 0. The van der Waals surface area contributed by atoms with Gasteiger partial charge >= 0.3 is 0 Å². The monoisotopic (exact) mass is 505 g/mol. The Morgan fingerprint density at radius 1 is 1.11 bits per heavy atom. The molecular weight excluding hydrogens is 470 g/mol. The summed E-state index contributed by atoms with van der Waals surface area (Å²) in [6, 6.07) is 14.0. The fourth-order valence-corrected chi connectivity index (χ4v) is 5.76. The van der Waals surface area contributed by atoms with Gasteiger partial charge in [0.05, 0.1) is 25.5 Å². The lowest BCUT2D eigenvalue weighted by Gasteiger charge is -2.51. The number of H-pyrrole nitrogens is 1. The number of piperazine rings is 1. The summed E-state index contributed by atoms with van der Waals surface area (Å²) in [5, 5.41) is 10.4. The molecule has 196 valence electrons. The fourth-order valence-electron chi connectivity index (χ4n) is 5.76. The average molecular weight is 506 g/mol. The first-order valence-corrected chi connectivity index (χ1v) is 13.1. The van der Waals surface area contributed by atoms with Gasteiger partial charge in [-0.15, -0.1) is 0 Å². The van der Waals surface area contributed by atoms with Crippen molar-refractivity contribution in [3.05, 3.63) is 59.3 Å². The number of hydrogen-bond donors (Lipinski definition) is 2. The van der Waals surface area contributed by atoms with Gasteiger partial charge in [-0.25, -0.2) is 0 Å². The van der Waals surface area contributed by atoms with Crippen molar-refractivity contribution in [2.45, 2.75) is 45.1 Å². The molecule has 0 spiro atoms. The minimum Gasteiger partial charge on any atom is -0.490 e. The molecule has 2 aromatic carbocycles. The van der Waals surface area contributed by atoms with Crippen molar-refractivity contribution < 1.29 is 24.2 Å². The van der Waals surface area contributed by atoms with Gasteiger partial charge in [0, 0.05) is 36.5 Å². The topological polar surface area (TPSA) is 95.1 Å². The van der Waals surface area contributed by atoms with E-state index in [1.165, 1.54) is 0 Å². The van der Waals surface area contributed by atoms with Crippen LogP contribution in [-0.2, 0) is 15.1 Å². The fraction of sp³-hybridized carbons (Fsp3) is 0.448. The maximum absolute atomic E-state index is 13.9. The van der Waals surface area contributed by atoms with E-state index in [-0.39, 0.29) is 30.9 Å². The molecule has 0 saturated carbocycles. The van der Waals surface area contributed by atoms with E-state index in [4.69, 9.17) is 9.47 Å². The first-order chi connectivity index (χ1) is 17.9. The van der Waals surface area contributed by atoms with Gasteiger partial charge in [0.25, 0.3) is 5.91 Å². The van der Waals surface area contributed by atoms with Crippen molar-refractivity contribution >= 4 is 22.7 Å². The van der Waals surface area contributed by atoms with Gasteiger partial charge in [-0.1, -0.05) is 31.2 Å². The Hall–Kier alpha value is -3.52. The van der Waals surface area contributed by atoms with E-state index < -0.39 is 5.54 Å². The van der Waals surface area contributed by atoms with Crippen molar-refractivity contribution in [1.29, 1.82) is 0 Å². The molecule has 1 saturated heterocycles. The molecular formula is C29H35N3O5. The van der Waals surface area contributed by atoms with Crippen LogP contribution in [0.25, 0.3) is 10.9 Å². The summed E-state index contributed by atoms with van der Waals surface area (Å²) in [6.07, 6.45) is 1.33. The standard InChI is InChI=1S/C29H35N3O5/c1-4-15-37-23-12-11-19(16-24(23)36-5-2)21-17-32-25(34)18-31(13-8-14-33)28(35)29(32,3)27-26(21)20-9-6-7-10-22(20)30-27/h6-7,9-12,16,21,30,33H,4-5,8,13-15,17-18H2,1-3H3/t21-,29-/m0/s1. The van der Waals surface area contributed by atoms with Crippen molar-refractivity contribution in [2.75, 3.05) is 39.5 Å². The molecule has 2 atom stereocenters. The molecule has 8 nitrogen and oxygen atoms in total. The first kappa shape index (κ1) is 25.1. The second kappa shape index (κ2) is 10.1. The quantitative estimate of drug-likeness (QED) is 0.462. The van der Waals surface area contributed by atoms with Gasteiger partial charge in [0.1, 0.15) is 0 Å². The number of amides is 2. The van der Waals surface area contributed by atoms with Crippen molar-refractivity contribution in [1.82, 2.24) is 14.8 Å². The van der Waals surface area contributed by atoms with E-state index in [0.717, 1.165) is 34.1 Å². The lowest BCUT2D eigenvalue weighted by molar-refractivity contribution is -0.166. The second-order valence-corrected chi connectivity index (χ2v) is 9.88. The molecule has 8 heteroatoms. The van der Waals surface area contributed by atoms with Gasteiger partial charge in [-0.2, -0.15) is 0 Å². The second-order valence-electron chi connectivity index (χ2n) is 9.88. The maximum Gasteiger partial charge on any atom is 0.254 e. The lowest BCUT2D eigenvalue weighted by Crippen LogP contribution is -2.67. The highest BCUT2D eigenvalue weighted by Gasteiger charge is 2.56. The molecule has 3 aromatic rings. The average Bonchev–Trinajstić information content (AvgIpc) is 3.30. The van der Waals surface area contributed by atoms with Crippen LogP contribution in [-0.4, -0.2) is 71.2 Å². The van der Waals surface area contributed by atoms with Crippen LogP contribution in [0.5, 0.6) is 11.5 Å². The smallest absolute Gasteiger partial charge is 0.254 e. The Morgan fingerprint density at radius 2 is 1.92 bits per heavy atom. The zero-order valence-electron chi connectivity index (χ0n) is 21.8. The molecule has 0 aliphatic carbocycles. The van der Waals surface area contributed by atoms with E-state index in [2.05, 4.69) is 18.0 Å². The number of aliphatic hydroxyl groups is 1. The van der Waals surface area contributed by atoms with Gasteiger partial charge in [0.2, 0.25) is 5.91 Å². The molecule has 5 rings (SSSR count). The third kappa shape index (κ3) is 4.13. The van der Waals surface area contributed by atoms with E-state index >= 15 is 0 Å². The molecule has 1 aromatic heterocycles. The maximum atomic E-state index is 13.9. The number of carbonyl (C=O) groups is 2. The van der Waals surface area contributed by atoms with Crippen LogP contribution in [0.3, 0.4) is 0 Å². The van der Waals surface area contributed by atoms with Gasteiger partial charge in [-0.05, 0) is 56.0 Å². The summed E-state index contributed by atoms with van der Waals surface area (Å²) in [5.41, 5.74) is 2.57. The molecule has 37 heavy (non-hydrogen) atoms. The van der Waals surface area contributed by atoms with Crippen molar-refractivity contribution in [3.8, 4) is 11.5 Å². The summed E-state index contributed by atoms with van der Waals surface area (Å²) in [6.45, 7) is 7.68. The minimum atomic E-state index is -1.15. The summed E-state index contributed by atoms with van der Waals surface area (Å²) >= 11 is 0. The van der Waals surface area contributed by atoms with Crippen LogP contribution in [0.1, 0.15) is 56.4 Å². The number of ether oxygens (including phenoxy) is 2. The Bertz CT molecular complexity index is 1320. The molecule has 2 amide bonds. The Morgan fingerprint density at radius 3 is 2.68 bits per heavy atom. The molecule has 0 unspecified atom stereocenters. The normalized spacial score (nSPS) is 21.2. The third-order valence-corrected chi connectivity index (χ3v) is 7.54. The van der Waals surface area contributed by atoms with E-state index in [0.29, 0.717) is 44.2 Å². The van der Waals surface area contributed by atoms with Crippen LogP contribution in [0.2, 0.25) is 0 Å². The van der Waals surface area contributed by atoms with Crippen LogP contribution in [0.4, 0.5) is 0 Å². The van der Waals surface area contributed by atoms with E-state index in [1.54, 1.807) is 9.80 Å². The van der Waals surface area contributed by atoms with E-state index in [1.807, 2.05) is 50.2 Å². The number of aromatic nitrogens is 1. The number of carbonyl (C=O) groups excluding carboxylic acids is 2. The zero-order valence-corrected chi connectivity index (χ0v) is 21.8. The number of para-hydroxylation sites is 1. The van der Waals surface area contributed by atoms with Crippen molar-refractivity contribution in [2.24, 2.45) is 0 Å². The zero-order chi connectivity index (χ0) is 26.2. The van der Waals surface area contributed by atoms with Gasteiger partial charge < -0.3 is 29.4 Å². The molecule has 2 N–H and O–H groups in total. The number of aliphatic hydroxyl groups excluding tert-OH is 1. The Labute approximate surface area is 217 Å². The summed E-state index contributed by atoms with van der Waals surface area (Å²) < 4.78 is 11.9. The molecule has 1 fully saturated rings. The van der Waals surface area contributed by atoms with Crippen LogP contribution >= 0.6 is 0 Å². The SMILES string of the molecule is CCCOc1ccc([C@@H]2CN3C(=O)CN(CCCO)C(=O)[C@]3(C)c3[nH]c4ccccc4c32)cc1OCC. The predicted molar refractivity (Wildman–Crippen MR) is 141 cm³/mol. The number of fused-ring (bicyclic) bond motifs is 5. The number of rotatable bonds is 9. The van der Waals surface area contributed by atoms with Crippen LogP contribution in [0.15, 0.2) is 42.5 Å². The Balaban J connectivity index is 1.66. The number of aromatic amines is 1. The van der Waals surface area contributed by atoms with Crippen LogP contribution in [0, 0.1) is 0 Å². The van der Waals surface area contributed by atoms with Crippen LogP contribution < -0.4 is 9.47 Å². The lowest BCUT2D eigenvalue weighted by atomic mass is 9.76. The minimum absolute atomic E-state index is 0.0185. The summed E-state index contributed by atoms with van der Waals surface area (Å²) in [4.78, 5) is 34.2. The Kier molecular flexibility index (Phi) is 6.86. The highest BCUT2D eigenvalue weighted by molar-refractivity contribution is 6.01. The van der Waals surface area contributed by atoms with Gasteiger partial charge in [0.15, 0.2) is 17.0 Å². The molecule has 0 radical (unpaired) electrons. The largest absolute Gasteiger partial charge is 0.490 e. The van der Waals surface area contributed by atoms with E-state index in [9.17, 15) is 14.7 Å². The molecule has 2 aliphatic heterocycles. The summed E-state index contributed by atoms with van der Waals surface area (Å²) in [5.74, 6) is 1.02. The molecule has 2 aliphatic rings. The third-order valence-electron chi connectivity index (χ3n) is 7.54. The number of nitrogens with one attached hydrogen (secondary N) is 1. The molecule has 0 bridgehead atoms. The molecule has 3 heterocycles. The predicted octanol–water partition coefficient (Wildman–Crippen LogP) is 3.77. The first-order valence-electron chi connectivity index (χ1n) is 13.1. The number of nitrogens with zero attached hydrogens (tertiary/aromatic N) is 2. The van der Waals surface area contributed by atoms with Crippen molar-refractivity contribution in [3.63, 3.8) is 0 Å². The highest BCUT2D eigenvalue weighted by Crippen LogP contribution is 2.49. The number of benzene rings is 2. The number of hydrogen-bond acceptors (Lipinski definition) is 5. The highest BCUT2D eigenvalue weighted by atomic mass is 16.5. The van der Waals surface area contributed by atoms with Gasteiger partial charge in [-0.3, -0.25) is 9.59 Å².